The second-order valence-corrected chi connectivity index (χ2v) is 6.92. The summed E-state index contributed by atoms with van der Waals surface area (Å²) >= 11 is 0. The molecule has 5 nitrogen and oxygen atoms in total. The first-order chi connectivity index (χ1) is 12.8. The van der Waals surface area contributed by atoms with Gasteiger partial charge in [0.1, 0.15) is 0 Å². The van der Waals surface area contributed by atoms with E-state index in [0.717, 1.165) is 51.9 Å². The normalized spacial score (nSPS) is 15.5. The van der Waals surface area contributed by atoms with E-state index in [4.69, 9.17) is 9.73 Å². The van der Waals surface area contributed by atoms with E-state index in [0.29, 0.717) is 12.5 Å². The van der Waals surface area contributed by atoms with Crippen LogP contribution in [0.5, 0.6) is 0 Å². The highest BCUT2D eigenvalue weighted by Crippen LogP contribution is 2.14. The minimum absolute atomic E-state index is 0. The van der Waals surface area contributed by atoms with Gasteiger partial charge in [-0.25, -0.2) is 4.99 Å². The lowest BCUT2D eigenvalue weighted by molar-refractivity contribution is 0.0341. The molecule has 0 atom stereocenters. The van der Waals surface area contributed by atoms with Gasteiger partial charge in [-0.2, -0.15) is 0 Å². The van der Waals surface area contributed by atoms with Gasteiger partial charge in [0.25, 0.3) is 0 Å². The molecule has 0 unspecified atom stereocenters. The Hall–Kier alpha value is -0.860. The Labute approximate surface area is 182 Å². The number of nitrogens with one attached hydrogen (secondary N) is 2. The summed E-state index contributed by atoms with van der Waals surface area (Å²) in [5.74, 6) is 1.62. The summed E-state index contributed by atoms with van der Waals surface area (Å²) in [6, 6.07) is 8.66. The molecule has 6 heteroatoms. The van der Waals surface area contributed by atoms with Gasteiger partial charge in [0.2, 0.25) is 0 Å². The maximum Gasteiger partial charge on any atom is 0.191 e. The van der Waals surface area contributed by atoms with Crippen LogP contribution in [0.2, 0.25) is 0 Å². The summed E-state index contributed by atoms with van der Waals surface area (Å²) in [5, 5.41) is 6.87. The Bertz CT molecular complexity index is 543. The van der Waals surface area contributed by atoms with Crippen LogP contribution in [0.1, 0.15) is 44.7 Å². The summed E-state index contributed by atoms with van der Waals surface area (Å²) in [4.78, 5) is 7.29. The van der Waals surface area contributed by atoms with Gasteiger partial charge >= 0.3 is 0 Å². The molecule has 0 amide bonds. The number of aliphatic imine (C=N–C) groups is 1. The van der Waals surface area contributed by atoms with Crippen LogP contribution in [0.15, 0.2) is 29.3 Å². The van der Waals surface area contributed by atoms with Crippen LogP contribution in [-0.4, -0.2) is 50.3 Å². The summed E-state index contributed by atoms with van der Waals surface area (Å²) in [6.45, 7) is 13.9. The van der Waals surface area contributed by atoms with Crippen molar-refractivity contribution in [3.63, 3.8) is 0 Å². The molecule has 27 heavy (non-hydrogen) atoms. The SMILES string of the molecule is CCNC(=NCc1ccccc1CN1CCOCC1)NCC(CC)CC.I. The van der Waals surface area contributed by atoms with Gasteiger partial charge < -0.3 is 15.4 Å². The van der Waals surface area contributed by atoms with Gasteiger partial charge in [-0.05, 0) is 24.0 Å². The van der Waals surface area contributed by atoms with Crippen molar-refractivity contribution >= 4 is 29.9 Å². The molecule has 0 aromatic heterocycles. The smallest absolute Gasteiger partial charge is 0.191 e. The summed E-state index contributed by atoms with van der Waals surface area (Å²) in [5.41, 5.74) is 2.67. The number of benzene rings is 1. The molecule has 1 fully saturated rings. The number of hydrogen-bond donors (Lipinski definition) is 2. The number of halogens is 1. The van der Waals surface area contributed by atoms with Gasteiger partial charge in [0, 0.05) is 32.7 Å². The zero-order valence-electron chi connectivity index (χ0n) is 17.2. The first-order valence-corrected chi connectivity index (χ1v) is 10.2. The van der Waals surface area contributed by atoms with Crippen molar-refractivity contribution in [1.29, 1.82) is 0 Å². The standard InChI is InChI=1S/C21H36N4O.HI/c1-4-18(5-2)15-23-21(22-6-3)24-16-19-9-7-8-10-20(19)17-25-11-13-26-14-12-25;/h7-10,18H,4-6,11-17H2,1-3H3,(H2,22,23,24);1H. The van der Waals surface area contributed by atoms with Gasteiger partial charge in [0.15, 0.2) is 5.96 Å². The predicted molar refractivity (Wildman–Crippen MR) is 125 cm³/mol. The zero-order chi connectivity index (χ0) is 18.6. The topological polar surface area (TPSA) is 48.9 Å². The zero-order valence-corrected chi connectivity index (χ0v) is 19.5. The molecule has 0 spiro atoms. The highest BCUT2D eigenvalue weighted by Gasteiger charge is 2.12. The van der Waals surface area contributed by atoms with Crippen molar-refractivity contribution in [1.82, 2.24) is 15.5 Å². The fourth-order valence-electron chi connectivity index (χ4n) is 3.19. The third-order valence-corrected chi connectivity index (χ3v) is 5.08. The van der Waals surface area contributed by atoms with E-state index in [2.05, 4.69) is 60.6 Å². The van der Waals surface area contributed by atoms with E-state index in [1.54, 1.807) is 0 Å². The number of rotatable bonds is 9. The van der Waals surface area contributed by atoms with Crippen LogP contribution < -0.4 is 10.6 Å². The number of hydrogen-bond acceptors (Lipinski definition) is 3. The predicted octanol–water partition coefficient (Wildman–Crippen LogP) is 3.63. The quantitative estimate of drug-likeness (QED) is 0.317. The van der Waals surface area contributed by atoms with Crippen molar-refractivity contribution in [2.24, 2.45) is 10.9 Å². The number of nitrogens with zero attached hydrogens (tertiary/aromatic N) is 2. The van der Waals surface area contributed by atoms with Gasteiger partial charge in [-0.1, -0.05) is 51.0 Å². The highest BCUT2D eigenvalue weighted by molar-refractivity contribution is 14.0. The van der Waals surface area contributed by atoms with Gasteiger partial charge in [-0.3, -0.25) is 4.90 Å². The molecule has 154 valence electrons. The van der Waals surface area contributed by atoms with Crippen molar-refractivity contribution in [3.8, 4) is 0 Å². The Morgan fingerprint density at radius 3 is 2.37 bits per heavy atom. The second kappa shape index (κ2) is 14.2. The largest absolute Gasteiger partial charge is 0.379 e. The van der Waals surface area contributed by atoms with Crippen LogP contribution in [0, 0.1) is 5.92 Å². The average Bonchev–Trinajstić information content (AvgIpc) is 2.68. The lowest BCUT2D eigenvalue weighted by Gasteiger charge is -2.27. The van der Waals surface area contributed by atoms with Crippen molar-refractivity contribution < 1.29 is 4.74 Å². The van der Waals surface area contributed by atoms with Gasteiger partial charge in [0.05, 0.1) is 19.8 Å². The molecule has 2 rings (SSSR count). The number of guanidine groups is 1. The molecule has 0 bridgehead atoms. The maximum absolute atomic E-state index is 5.46. The Balaban J connectivity index is 0.00000364. The van der Waals surface area contributed by atoms with E-state index >= 15 is 0 Å². The molecule has 2 N–H and O–H groups in total. The van der Waals surface area contributed by atoms with E-state index in [9.17, 15) is 0 Å². The average molecular weight is 488 g/mol. The highest BCUT2D eigenvalue weighted by atomic mass is 127. The lowest BCUT2D eigenvalue weighted by Crippen LogP contribution is -2.39. The molecule has 0 saturated carbocycles. The fourth-order valence-corrected chi connectivity index (χ4v) is 3.19. The first-order valence-electron chi connectivity index (χ1n) is 10.2. The Morgan fingerprint density at radius 2 is 1.74 bits per heavy atom. The van der Waals surface area contributed by atoms with Crippen molar-refractivity contribution in [2.75, 3.05) is 39.4 Å². The monoisotopic (exact) mass is 488 g/mol. The fraction of sp³-hybridized carbons (Fsp3) is 0.667. The van der Waals surface area contributed by atoms with E-state index in [-0.39, 0.29) is 24.0 Å². The summed E-state index contributed by atoms with van der Waals surface area (Å²) in [6.07, 6.45) is 2.40. The molecule has 1 saturated heterocycles. The first kappa shape index (κ1) is 24.2. The third-order valence-electron chi connectivity index (χ3n) is 5.08. The second-order valence-electron chi connectivity index (χ2n) is 6.92. The summed E-state index contributed by atoms with van der Waals surface area (Å²) in [7, 11) is 0. The van der Waals surface area contributed by atoms with Crippen LogP contribution in [0.4, 0.5) is 0 Å². The van der Waals surface area contributed by atoms with E-state index < -0.39 is 0 Å². The van der Waals surface area contributed by atoms with Crippen molar-refractivity contribution in [2.45, 2.75) is 46.7 Å². The number of ether oxygens (including phenoxy) is 1. The molecule has 1 aliphatic rings. The number of morpholine rings is 1. The molecule has 1 heterocycles. The van der Waals surface area contributed by atoms with Gasteiger partial charge in [-0.15, -0.1) is 24.0 Å². The third kappa shape index (κ3) is 8.79. The molecule has 1 aliphatic heterocycles. The Morgan fingerprint density at radius 1 is 1.07 bits per heavy atom. The van der Waals surface area contributed by atoms with Crippen LogP contribution in [0.3, 0.4) is 0 Å². The summed E-state index contributed by atoms with van der Waals surface area (Å²) < 4.78 is 5.46. The molecule has 1 aromatic carbocycles. The minimum atomic E-state index is 0. The molecular weight excluding hydrogens is 451 g/mol. The van der Waals surface area contributed by atoms with Crippen LogP contribution in [-0.2, 0) is 17.8 Å². The molecule has 1 aromatic rings. The Kier molecular flexibility index (Phi) is 12.7. The molecule has 0 radical (unpaired) electrons. The van der Waals surface area contributed by atoms with Crippen LogP contribution >= 0.6 is 24.0 Å². The lowest BCUT2D eigenvalue weighted by atomic mass is 10.0. The maximum atomic E-state index is 5.46. The molecular formula is C21H37IN4O. The van der Waals surface area contributed by atoms with E-state index in [1.807, 2.05) is 0 Å². The molecule has 0 aliphatic carbocycles. The van der Waals surface area contributed by atoms with Crippen molar-refractivity contribution in [3.05, 3.63) is 35.4 Å². The van der Waals surface area contributed by atoms with E-state index in [1.165, 1.54) is 24.0 Å². The van der Waals surface area contributed by atoms with Crippen LogP contribution in [0.25, 0.3) is 0 Å². The minimum Gasteiger partial charge on any atom is -0.379 e.